The fourth-order valence-corrected chi connectivity index (χ4v) is 3.86. The predicted molar refractivity (Wildman–Crippen MR) is 110 cm³/mol. The number of aryl methyl sites for hydroxylation is 1. The molecule has 3 rings (SSSR count). The first-order valence-electron chi connectivity index (χ1n) is 9.52. The fraction of sp³-hybridized carbons (Fsp3) is 0.429. The summed E-state index contributed by atoms with van der Waals surface area (Å²) in [6, 6.07) is 9.52. The van der Waals surface area contributed by atoms with Crippen LogP contribution < -0.4 is 4.90 Å². The van der Waals surface area contributed by atoms with Crippen molar-refractivity contribution in [1.82, 2.24) is 9.47 Å². The van der Waals surface area contributed by atoms with Crippen LogP contribution in [0.25, 0.3) is 0 Å². The minimum absolute atomic E-state index is 0.164. The Morgan fingerprint density at radius 2 is 1.82 bits per heavy atom. The van der Waals surface area contributed by atoms with Crippen LogP contribution in [0.3, 0.4) is 0 Å². The number of hydrogen-bond acceptors (Lipinski definition) is 4. The van der Waals surface area contributed by atoms with Gasteiger partial charge in [0.1, 0.15) is 0 Å². The molecule has 150 valence electrons. The molecule has 0 saturated carbocycles. The number of anilines is 1. The Labute approximate surface area is 170 Å². The van der Waals surface area contributed by atoms with Crippen LogP contribution in [-0.2, 0) is 16.1 Å². The van der Waals surface area contributed by atoms with Gasteiger partial charge in [-0.3, -0.25) is 4.79 Å². The van der Waals surface area contributed by atoms with Crippen LogP contribution in [0, 0.1) is 13.8 Å². The fourth-order valence-electron chi connectivity index (χ4n) is 3.68. The number of amides is 1. The van der Waals surface area contributed by atoms with E-state index in [9.17, 15) is 9.59 Å². The molecule has 0 aliphatic carbocycles. The van der Waals surface area contributed by atoms with E-state index in [4.69, 9.17) is 16.3 Å². The molecule has 1 saturated heterocycles. The number of carbonyl (C=O) groups is 2. The number of hydrogen-bond donors (Lipinski definition) is 0. The Morgan fingerprint density at radius 3 is 2.43 bits per heavy atom. The first-order valence-corrected chi connectivity index (χ1v) is 9.90. The molecule has 0 bridgehead atoms. The van der Waals surface area contributed by atoms with Crippen LogP contribution in [0.15, 0.2) is 30.3 Å². The van der Waals surface area contributed by atoms with Gasteiger partial charge in [-0.2, -0.15) is 0 Å². The van der Waals surface area contributed by atoms with Crippen molar-refractivity contribution < 1.29 is 14.3 Å². The topological polar surface area (TPSA) is 54.8 Å². The summed E-state index contributed by atoms with van der Waals surface area (Å²) >= 11 is 6.06. The monoisotopic (exact) mass is 403 g/mol. The van der Waals surface area contributed by atoms with Crippen molar-refractivity contribution in [3.05, 3.63) is 52.3 Å². The van der Waals surface area contributed by atoms with E-state index in [-0.39, 0.29) is 12.5 Å². The number of aromatic nitrogens is 1. The Bertz CT molecular complexity index is 870. The van der Waals surface area contributed by atoms with E-state index >= 15 is 0 Å². The molecule has 1 aliphatic rings. The second kappa shape index (κ2) is 8.69. The van der Waals surface area contributed by atoms with Crippen molar-refractivity contribution in [2.75, 3.05) is 37.7 Å². The number of piperazine rings is 1. The van der Waals surface area contributed by atoms with Gasteiger partial charge in [0.2, 0.25) is 0 Å². The standard InChI is InChI=1S/C21H26ClN3O3/c1-4-25-15(2)12-19(16(25)3)21(27)28-14-20(26)24-10-8-23(9-11-24)18-7-5-6-17(22)13-18/h5-7,12-13H,4,8-11,14H2,1-3H3. The van der Waals surface area contributed by atoms with Gasteiger partial charge in [-0.15, -0.1) is 0 Å². The third-order valence-corrected chi connectivity index (χ3v) is 5.48. The lowest BCUT2D eigenvalue weighted by Crippen LogP contribution is -2.49. The molecule has 1 fully saturated rings. The third-order valence-electron chi connectivity index (χ3n) is 5.24. The Balaban J connectivity index is 1.51. The van der Waals surface area contributed by atoms with Crippen LogP contribution in [0.2, 0.25) is 5.02 Å². The highest BCUT2D eigenvalue weighted by Crippen LogP contribution is 2.21. The quantitative estimate of drug-likeness (QED) is 0.719. The highest BCUT2D eigenvalue weighted by atomic mass is 35.5. The number of esters is 1. The number of halogens is 1. The van der Waals surface area contributed by atoms with E-state index in [0.29, 0.717) is 23.7 Å². The van der Waals surface area contributed by atoms with Crippen LogP contribution >= 0.6 is 11.6 Å². The zero-order valence-electron chi connectivity index (χ0n) is 16.6. The van der Waals surface area contributed by atoms with Gasteiger partial charge in [0, 0.05) is 54.8 Å². The second-order valence-electron chi connectivity index (χ2n) is 6.95. The lowest BCUT2D eigenvalue weighted by Gasteiger charge is -2.36. The molecule has 1 amide bonds. The summed E-state index contributed by atoms with van der Waals surface area (Å²) < 4.78 is 7.34. The van der Waals surface area contributed by atoms with Gasteiger partial charge < -0.3 is 19.1 Å². The van der Waals surface area contributed by atoms with Crippen molar-refractivity contribution in [3.8, 4) is 0 Å². The van der Waals surface area contributed by atoms with Gasteiger partial charge in [-0.1, -0.05) is 17.7 Å². The van der Waals surface area contributed by atoms with Gasteiger partial charge in [0.25, 0.3) is 5.91 Å². The summed E-state index contributed by atoms with van der Waals surface area (Å²) in [4.78, 5) is 28.8. The molecule has 0 spiro atoms. The summed E-state index contributed by atoms with van der Waals surface area (Å²) in [5.74, 6) is -0.609. The molecule has 1 aliphatic heterocycles. The number of nitrogens with zero attached hydrogens (tertiary/aromatic N) is 3. The highest BCUT2D eigenvalue weighted by Gasteiger charge is 2.23. The molecule has 0 N–H and O–H groups in total. The maximum Gasteiger partial charge on any atom is 0.340 e. The molecule has 0 unspecified atom stereocenters. The van der Waals surface area contributed by atoms with Gasteiger partial charge >= 0.3 is 5.97 Å². The summed E-state index contributed by atoms with van der Waals surface area (Å²) in [5.41, 5.74) is 3.46. The largest absolute Gasteiger partial charge is 0.452 e. The normalized spacial score (nSPS) is 14.3. The molecule has 1 aromatic heterocycles. The van der Waals surface area contributed by atoms with Crippen molar-refractivity contribution >= 4 is 29.2 Å². The number of benzene rings is 1. The molecule has 1 aromatic carbocycles. The van der Waals surface area contributed by atoms with E-state index in [0.717, 1.165) is 36.7 Å². The average molecular weight is 404 g/mol. The second-order valence-corrected chi connectivity index (χ2v) is 7.39. The molecular weight excluding hydrogens is 378 g/mol. The molecule has 2 aromatic rings. The number of ether oxygens (including phenoxy) is 1. The molecule has 28 heavy (non-hydrogen) atoms. The zero-order valence-corrected chi connectivity index (χ0v) is 17.3. The lowest BCUT2D eigenvalue weighted by atomic mass is 10.2. The lowest BCUT2D eigenvalue weighted by molar-refractivity contribution is -0.134. The minimum Gasteiger partial charge on any atom is -0.452 e. The number of rotatable bonds is 5. The maximum absolute atomic E-state index is 12.4. The maximum atomic E-state index is 12.4. The molecule has 2 heterocycles. The van der Waals surface area contributed by atoms with Crippen molar-refractivity contribution in [2.45, 2.75) is 27.3 Å². The summed E-state index contributed by atoms with van der Waals surface area (Å²) in [6.45, 7) is 9.06. The molecule has 7 heteroatoms. The van der Waals surface area contributed by atoms with E-state index in [1.165, 1.54) is 0 Å². The molecule has 0 radical (unpaired) electrons. The Hall–Kier alpha value is -2.47. The summed E-state index contributed by atoms with van der Waals surface area (Å²) in [6.07, 6.45) is 0. The highest BCUT2D eigenvalue weighted by molar-refractivity contribution is 6.30. The van der Waals surface area contributed by atoms with Crippen LogP contribution in [0.5, 0.6) is 0 Å². The van der Waals surface area contributed by atoms with E-state index in [1.54, 1.807) is 4.90 Å². The van der Waals surface area contributed by atoms with Crippen LogP contribution in [0.1, 0.15) is 28.7 Å². The molecular formula is C21H26ClN3O3. The van der Waals surface area contributed by atoms with E-state index < -0.39 is 5.97 Å². The van der Waals surface area contributed by atoms with Gasteiger partial charge in [-0.25, -0.2) is 4.79 Å². The average Bonchev–Trinajstić information content (AvgIpc) is 2.99. The first-order chi connectivity index (χ1) is 13.4. The first kappa shape index (κ1) is 20.3. The van der Waals surface area contributed by atoms with E-state index in [2.05, 4.69) is 4.90 Å². The van der Waals surface area contributed by atoms with Crippen LogP contribution in [-0.4, -0.2) is 54.1 Å². The van der Waals surface area contributed by atoms with Gasteiger partial charge in [0.05, 0.1) is 5.56 Å². The summed E-state index contributed by atoms with van der Waals surface area (Å²) in [7, 11) is 0. The minimum atomic E-state index is -0.446. The van der Waals surface area contributed by atoms with E-state index in [1.807, 2.05) is 55.7 Å². The zero-order chi connectivity index (χ0) is 20.3. The Kier molecular flexibility index (Phi) is 6.29. The van der Waals surface area contributed by atoms with Gasteiger partial charge in [-0.05, 0) is 45.0 Å². The van der Waals surface area contributed by atoms with Crippen LogP contribution in [0.4, 0.5) is 5.69 Å². The van der Waals surface area contributed by atoms with Crippen molar-refractivity contribution in [1.29, 1.82) is 0 Å². The molecule has 0 atom stereocenters. The van der Waals surface area contributed by atoms with Crippen molar-refractivity contribution in [3.63, 3.8) is 0 Å². The number of carbonyl (C=O) groups excluding carboxylic acids is 2. The van der Waals surface area contributed by atoms with Gasteiger partial charge in [0.15, 0.2) is 6.61 Å². The third kappa shape index (κ3) is 4.33. The molecule has 6 nitrogen and oxygen atoms in total. The van der Waals surface area contributed by atoms with Crippen molar-refractivity contribution in [2.24, 2.45) is 0 Å². The predicted octanol–water partition coefficient (Wildman–Crippen LogP) is 3.28. The Morgan fingerprint density at radius 1 is 1.11 bits per heavy atom. The smallest absolute Gasteiger partial charge is 0.340 e. The SMILES string of the molecule is CCn1c(C)cc(C(=O)OCC(=O)N2CCN(c3cccc(Cl)c3)CC2)c1C. The summed E-state index contributed by atoms with van der Waals surface area (Å²) in [5, 5.41) is 0.699.